The van der Waals surface area contributed by atoms with Crippen molar-refractivity contribution in [3.63, 3.8) is 0 Å². The van der Waals surface area contributed by atoms with Crippen molar-refractivity contribution in [2.45, 2.75) is 13.8 Å². The van der Waals surface area contributed by atoms with Gasteiger partial charge in [-0.2, -0.15) is 0 Å². The van der Waals surface area contributed by atoms with E-state index in [1.165, 1.54) is 6.92 Å². The summed E-state index contributed by atoms with van der Waals surface area (Å²) in [7, 11) is -1.58. The predicted molar refractivity (Wildman–Crippen MR) is 40.6 cm³/mol. The van der Waals surface area contributed by atoms with E-state index < -0.39 is 13.1 Å². The van der Waals surface area contributed by atoms with Crippen molar-refractivity contribution in [3.05, 3.63) is 11.5 Å². The lowest BCUT2D eigenvalue weighted by atomic mass is 9.80. The number of allylic oxidation sites excluding steroid dienone is 1. The molecule has 62 valence electrons. The lowest BCUT2D eigenvalue weighted by Crippen LogP contribution is -2.15. The Morgan fingerprint density at radius 2 is 2.18 bits per heavy atom. The fraction of sp³-hybridized carbons (Fsp3) is 0.500. The summed E-state index contributed by atoms with van der Waals surface area (Å²) in [6.07, 6.45) is 1.05. The highest BCUT2D eigenvalue weighted by Gasteiger charge is 2.10. The van der Waals surface area contributed by atoms with Crippen LogP contribution in [0.3, 0.4) is 0 Å². The average molecular weight is 158 g/mol. The molecule has 0 aromatic heterocycles. The van der Waals surface area contributed by atoms with Crippen LogP contribution < -0.4 is 0 Å². The van der Waals surface area contributed by atoms with Gasteiger partial charge in [0, 0.05) is 6.08 Å². The van der Waals surface area contributed by atoms with Gasteiger partial charge in [-0.05, 0) is 19.3 Å². The summed E-state index contributed by atoms with van der Waals surface area (Å²) in [6.45, 7) is 3.39. The summed E-state index contributed by atoms with van der Waals surface area (Å²) >= 11 is 0. The number of rotatable bonds is 3. The number of hydrogen-bond donors (Lipinski definition) is 2. The van der Waals surface area contributed by atoms with Crippen LogP contribution in [-0.2, 0) is 9.53 Å². The number of carbonyl (C=O) groups excluding carboxylic acids is 1. The molecule has 0 aliphatic carbocycles. The Morgan fingerprint density at radius 3 is 2.55 bits per heavy atom. The predicted octanol–water partition coefficient (Wildman–Crippen LogP) is -0.492. The van der Waals surface area contributed by atoms with Gasteiger partial charge in [0.2, 0.25) is 0 Å². The van der Waals surface area contributed by atoms with E-state index in [9.17, 15) is 4.79 Å². The summed E-state index contributed by atoms with van der Waals surface area (Å²) in [5.74, 6) is -0.557. The molecule has 2 N–H and O–H groups in total. The van der Waals surface area contributed by atoms with Crippen LogP contribution in [0.25, 0.3) is 0 Å². The van der Waals surface area contributed by atoms with Gasteiger partial charge in [0.25, 0.3) is 0 Å². The van der Waals surface area contributed by atoms with E-state index in [0.717, 1.165) is 6.08 Å². The molecule has 0 unspecified atom stereocenters. The van der Waals surface area contributed by atoms with Crippen molar-refractivity contribution >= 4 is 13.1 Å². The Hall–Kier alpha value is -0.805. The minimum absolute atomic E-state index is 0.170. The lowest BCUT2D eigenvalue weighted by molar-refractivity contribution is -0.137. The molecule has 0 fully saturated rings. The Labute approximate surface area is 65.6 Å². The van der Waals surface area contributed by atoms with Crippen LogP contribution in [0.4, 0.5) is 0 Å². The third-order valence-corrected chi connectivity index (χ3v) is 1.04. The standard InChI is InChI=1S/C6H11BO4/c1-3-11-6(8)4-5(2)7(9)10/h4,9-10H,3H2,1-2H3/b5-4+. The fourth-order valence-electron chi connectivity index (χ4n) is 0.444. The summed E-state index contributed by atoms with van der Waals surface area (Å²) < 4.78 is 4.53. The van der Waals surface area contributed by atoms with E-state index in [0.29, 0.717) is 0 Å². The van der Waals surface area contributed by atoms with Crippen LogP contribution in [0.1, 0.15) is 13.8 Å². The lowest BCUT2D eigenvalue weighted by Gasteiger charge is -1.98. The van der Waals surface area contributed by atoms with Crippen molar-refractivity contribution in [1.82, 2.24) is 0 Å². The Balaban J connectivity index is 3.97. The third-order valence-electron chi connectivity index (χ3n) is 1.04. The maximum atomic E-state index is 10.6. The molecule has 4 nitrogen and oxygen atoms in total. The third kappa shape index (κ3) is 4.58. The highest BCUT2D eigenvalue weighted by molar-refractivity contribution is 6.51. The summed E-state index contributed by atoms with van der Waals surface area (Å²) in [5, 5.41) is 17.0. The van der Waals surface area contributed by atoms with Gasteiger partial charge in [0.05, 0.1) is 6.61 Å². The number of esters is 1. The summed E-state index contributed by atoms with van der Waals surface area (Å²) in [5.41, 5.74) is 0.170. The Bertz CT molecular complexity index is 164. The smallest absolute Gasteiger partial charge is 0.463 e. The van der Waals surface area contributed by atoms with Crippen molar-refractivity contribution in [3.8, 4) is 0 Å². The Morgan fingerprint density at radius 1 is 1.64 bits per heavy atom. The molecule has 0 saturated heterocycles. The molecule has 5 heteroatoms. The molecule has 0 aliphatic rings. The monoisotopic (exact) mass is 158 g/mol. The van der Waals surface area contributed by atoms with Gasteiger partial charge in [-0.15, -0.1) is 0 Å². The molecule has 0 aromatic carbocycles. The van der Waals surface area contributed by atoms with Crippen LogP contribution in [0.5, 0.6) is 0 Å². The molecule has 0 saturated carbocycles. The largest absolute Gasteiger partial charge is 0.484 e. The quantitative estimate of drug-likeness (QED) is 0.330. The van der Waals surface area contributed by atoms with Gasteiger partial charge in [0.1, 0.15) is 0 Å². The second-order valence-corrected chi connectivity index (χ2v) is 2.01. The average Bonchev–Trinajstić information content (AvgIpc) is 1.87. The van der Waals surface area contributed by atoms with E-state index in [4.69, 9.17) is 10.0 Å². The fourth-order valence-corrected chi connectivity index (χ4v) is 0.444. The maximum absolute atomic E-state index is 10.6. The highest BCUT2D eigenvalue weighted by atomic mass is 16.5. The topological polar surface area (TPSA) is 66.8 Å². The number of hydrogen-bond acceptors (Lipinski definition) is 4. The molecule has 0 radical (unpaired) electrons. The molecular formula is C6H11BO4. The summed E-state index contributed by atoms with van der Waals surface area (Å²) in [6, 6.07) is 0. The van der Waals surface area contributed by atoms with Crippen molar-refractivity contribution < 1.29 is 19.6 Å². The molecule has 0 spiro atoms. The summed E-state index contributed by atoms with van der Waals surface area (Å²) in [4.78, 5) is 10.6. The van der Waals surface area contributed by atoms with Crippen LogP contribution in [0.2, 0.25) is 0 Å². The van der Waals surface area contributed by atoms with Crippen LogP contribution >= 0.6 is 0 Å². The zero-order chi connectivity index (χ0) is 8.85. The molecule has 0 bridgehead atoms. The van der Waals surface area contributed by atoms with E-state index >= 15 is 0 Å². The highest BCUT2D eigenvalue weighted by Crippen LogP contribution is 1.94. The second-order valence-electron chi connectivity index (χ2n) is 2.01. The van der Waals surface area contributed by atoms with Crippen molar-refractivity contribution in [2.24, 2.45) is 0 Å². The maximum Gasteiger partial charge on any atom is 0.484 e. The van der Waals surface area contributed by atoms with E-state index in [1.807, 2.05) is 0 Å². The molecule has 11 heavy (non-hydrogen) atoms. The van der Waals surface area contributed by atoms with Crippen molar-refractivity contribution in [1.29, 1.82) is 0 Å². The molecular weight excluding hydrogens is 147 g/mol. The van der Waals surface area contributed by atoms with E-state index in [2.05, 4.69) is 4.74 Å². The first kappa shape index (κ1) is 10.2. The molecule has 0 atom stereocenters. The number of ether oxygens (including phenoxy) is 1. The number of carbonyl (C=O) groups is 1. The molecule has 0 aliphatic heterocycles. The minimum atomic E-state index is -1.58. The second kappa shape index (κ2) is 4.93. The Kier molecular flexibility index (Phi) is 4.57. The van der Waals surface area contributed by atoms with Gasteiger partial charge in [-0.1, -0.05) is 0 Å². The van der Waals surface area contributed by atoms with Crippen LogP contribution in [0.15, 0.2) is 11.5 Å². The van der Waals surface area contributed by atoms with Gasteiger partial charge in [0.15, 0.2) is 0 Å². The SMILES string of the molecule is CCOC(=O)/C=C(\C)B(O)O. The first-order chi connectivity index (χ1) is 5.07. The normalized spacial score (nSPS) is 11.1. The molecule has 0 aromatic rings. The minimum Gasteiger partial charge on any atom is -0.463 e. The van der Waals surface area contributed by atoms with E-state index in [-0.39, 0.29) is 12.1 Å². The van der Waals surface area contributed by atoms with Gasteiger partial charge < -0.3 is 14.8 Å². The van der Waals surface area contributed by atoms with Crippen LogP contribution in [0, 0.1) is 0 Å². The molecule has 0 amide bonds. The van der Waals surface area contributed by atoms with E-state index in [1.54, 1.807) is 6.92 Å². The zero-order valence-corrected chi connectivity index (χ0v) is 6.57. The van der Waals surface area contributed by atoms with Crippen molar-refractivity contribution in [2.75, 3.05) is 6.61 Å². The first-order valence-electron chi connectivity index (χ1n) is 3.29. The van der Waals surface area contributed by atoms with Gasteiger partial charge in [-0.3, -0.25) is 0 Å². The zero-order valence-electron chi connectivity index (χ0n) is 6.57. The molecule has 0 heterocycles. The van der Waals surface area contributed by atoms with Gasteiger partial charge >= 0.3 is 13.1 Å². The van der Waals surface area contributed by atoms with Crippen LogP contribution in [-0.4, -0.2) is 29.7 Å². The first-order valence-corrected chi connectivity index (χ1v) is 3.29. The molecule has 0 rings (SSSR count). The van der Waals surface area contributed by atoms with Gasteiger partial charge in [-0.25, -0.2) is 4.79 Å².